The quantitative estimate of drug-likeness (QED) is 0.399. The largest absolute Gasteiger partial charge is 0.478 e. The van der Waals surface area contributed by atoms with Crippen LogP contribution in [-0.4, -0.2) is 58.4 Å². The third-order valence-electron chi connectivity index (χ3n) is 8.43. The first kappa shape index (κ1) is 24.8. The number of ether oxygens (including phenoxy) is 1. The maximum Gasteiger partial charge on any atom is 0.334 e. The third-order valence-corrected chi connectivity index (χ3v) is 8.43. The van der Waals surface area contributed by atoms with Gasteiger partial charge in [0, 0.05) is 36.5 Å². The van der Waals surface area contributed by atoms with Crippen molar-refractivity contribution in [1.29, 1.82) is 0 Å². The molecule has 0 saturated heterocycles. The Morgan fingerprint density at radius 2 is 1.83 bits per heavy atom. The number of nitrogens with zero attached hydrogens (tertiary/aromatic N) is 3. The van der Waals surface area contributed by atoms with Gasteiger partial charge >= 0.3 is 5.97 Å². The molecule has 9 heteroatoms. The zero-order valence-electron chi connectivity index (χ0n) is 21.1. The lowest BCUT2D eigenvalue weighted by Gasteiger charge is -2.36. The molecule has 0 spiro atoms. The van der Waals surface area contributed by atoms with E-state index in [0.717, 1.165) is 49.9 Å². The van der Waals surface area contributed by atoms with Crippen LogP contribution in [0.3, 0.4) is 0 Å². The van der Waals surface area contributed by atoms with Crippen LogP contribution in [0.5, 0.6) is 0 Å². The molecule has 2 aliphatic heterocycles. The number of para-hydroxylation sites is 1. The first-order chi connectivity index (χ1) is 17.4. The molecule has 0 radical (unpaired) electrons. The number of hydrazine groups is 1. The fraction of sp³-hybridized carbons (Fsp3) is 0.593. The molecular weight excluding hydrogens is 460 g/mol. The highest BCUT2D eigenvalue weighted by molar-refractivity contribution is 5.91. The molecule has 4 aliphatic rings. The van der Waals surface area contributed by atoms with Crippen molar-refractivity contribution in [3.63, 3.8) is 0 Å². The number of aliphatic carboxylic acids is 1. The van der Waals surface area contributed by atoms with Crippen molar-refractivity contribution >= 4 is 11.7 Å². The Kier molecular flexibility index (Phi) is 7.03. The van der Waals surface area contributed by atoms with Gasteiger partial charge in [-0.2, -0.15) is 0 Å². The molecule has 9 nitrogen and oxygen atoms in total. The molecule has 1 aromatic carbocycles. The number of carbonyl (C=O) groups is 1. The van der Waals surface area contributed by atoms with E-state index < -0.39 is 16.8 Å². The number of hydrogen-bond donors (Lipinski definition) is 2. The number of nitro benzene ring substituents is 1. The summed E-state index contributed by atoms with van der Waals surface area (Å²) in [5, 5.41) is 30.1. The van der Waals surface area contributed by atoms with Crippen LogP contribution in [0.2, 0.25) is 0 Å². The van der Waals surface area contributed by atoms with Crippen molar-refractivity contribution in [3.8, 4) is 0 Å². The summed E-state index contributed by atoms with van der Waals surface area (Å²) in [6.45, 7) is 3.04. The molecule has 2 N–H and O–H groups in total. The van der Waals surface area contributed by atoms with Crippen LogP contribution in [0.4, 0.5) is 5.69 Å². The van der Waals surface area contributed by atoms with Gasteiger partial charge in [0.25, 0.3) is 5.69 Å². The molecular formula is C27H36N4O5. The maximum absolute atomic E-state index is 12.6. The van der Waals surface area contributed by atoms with E-state index >= 15 is 0 Å². The zero-order valence-corrected chi connectivity index (χ0v) is 21.1. The number of allylic oxidation sites excluding steroid dienone is 1. The molecule has 0 bridgehead atoms. The predicted octanol–water partition coefficient (Wildman–Crippen LogP) is 4.53. The molecule has 2 atom stereocenters. The molecule has 2 heterocycles. The molecule has 2 fully saturated rings. The van der Waals surface area contributed by atoms with Crippen molar-refractivity contribution in [1.82, 2.24) is 15.3 Å². The van der Waals surface area contributed by atoms with Gasteiger partial charge in [0.2, 0.25) is 0 Å². The van der Waals surface area contributed by atoms with Crippen LogP contribution < -0.4 is 5.32 Å². The molecule has 2 unspecified atom stereocenters. The van der Waals surface area contributed by atoms with Gasteiger partial charge in [-0.05, 0) is 38.5 Å². The summed E-state index contributed by atoms with van der Waals surface area (Å²) >= 11 is 0. The van der Waals surface area contributed by atoms with Crippen LogP contribution in [-0.2, 0) is 9.53 Å². The van der Waals surface area contributed by atoms with Crippen LogP contribution >= 0.6 is 0 Å². The Hall–Kier alpha value is -2.91. The predicted molar refractivity (Wildman–Crippen MR) is 135 cm³/mol. The SMILES string of the molecule is CC1=C(C(=O)O)C(c2ccccc2[N+](=O)[O-])C2=C(N1)N(C)N(CCOC1CCCC1)C2C1CCCC1. The number of rotatable bonds is 8. The van der Waals surface area contributed by atoms with Gasteiger partial charge in [0.15, 0.2) is 0 Å². The van der Waals surface area contributed by atoms with Crippen LogP contribution in [0, 0.1) is 16.0 Å². The number of carboxylic acids is 1. The summed E-state index contributed by atoms with van der Waals surface area (Å²) in [4.78, 5) is 24.2. The summed E-state index contributed by atoms with van der Waals surface area (Å²) in [5.74, 6) is -0.551. The molecule has 2 aliphatic carbocycles. The summed E-state index contributed by atoms with van der Waals surface area (Å²) < 4.78 is 6.22. The average Bonchev–Trinajstić information content (AvgIpc) is 3.61. The standard InChI is InChI=1S/C27H36N4O5/c1-17-22(27(32)33)23(20-13-7-8-14-21(20)31(34)35)24-25(18-9-3-4-10-18)30(29(2)26(24)28-17)15-16-36-19-11-5-6-12-19/h7-8,13-14,18-19,23,25,28H,3-6,9-12,15-16H2,1-2H3,(H,32,33). The van der Waals surface area contributed by atoms with Crippen molar-refractivity contribution in [2.24, 2.45) is 5.92 Å². The van der Waals surface area contributed by atoms with Gasteiger partial charge in [0.1, 0.15) is 5.82 Å². The number of nitro groups is 1. The maximum atomic E-state index is 12.6. The Bertz CT molecular complexity index is 1090. The van der Waals surface area contributed by atoms with Crippen LogP contribution in [0.25, 0.3) is 0 Å². The number of benzene rings is 1. The first-order valence-electron chi connectivity index (χ1n) is 13.2. The molecule has 36 heavy (non-hydrogen) atoms. The molecule has 5 rings (SSSR count). The Labute approximate surface area is 211 Å². The topological polar surface area (TPSA) is 108 Å². The van der Waals surface area contributed by atoms with Gasteiger partial charge in [-0.25, -0.2) is 9.80 Å². The van der Waals surface area contributed by atoms with E-state index in [-0.39, 0.29) is 17.3 Å². The van der Waals surface area contributed by atoms with Crippen molar-refractivity contribution in [2.45, 2.75) is 76.4 Å². The highest BCUT2D eigenvalue weighted by atomic mass is 16.6. The minimum Gasteiger partial charge on any atom is -0.478 e. The van der Waals surface area contributed by atoms with E-state index in [2.05, 4.69) is 15.3 Å². The lowest BCUT2D eigenvalue weighted by atomic mass is 9.75. The Balaban J connectivity index is 1.56. The molecule has 0 amide bonds. The molecule has 2 saturated carbocycles. The van der Waals surface area contributed by atoms with Crippen molar-refractivity contribution < 1.29 is 19.6 Å². The lowest BCUT2D eigenvalue weighted by Crippen LogP contribution is -2.46. The summed E-state index contributed by atoms with van der Waals surface area (Å²) in [6, 6.07) is 6.54. The highest BCUT2D eigenvalue weighted by Crippen LogP contribution is 2.50. The fourth-order valence-electron chi connectivity index (χ4n) is 6.81. The van der Waals surface area contributed by atoms with Gasteiger partial charge in [-0.1, -0.05) is 43.9 Å². The van der Waals surface area contributed by atoms with E-state index in [0.29, 0.717) is 36.4 Å². The number of carboxylic acid groups (broad SMARTS) is 1. The van der Waals surface area contributed by atoms with Crippen molar-refractivity contribution in [2.75, 3.05) is 20.2 Å². The van der Waals surface area contributed by atoms with Gasteiger partial charge < -0.3 is 15.2 Å². The second kappa shape index (κ2) is 10.2. The van der Waals surface area contributed by atoms with Crippen LogP contribution in [0.1, 0.15) is 69.8 Å². The van der Waals surface area contributed by atoms with E-state index in [1.165, 1.54) is 18.9 Å². The van der Waals surface area contributed by atoms with Crippen molar-refractivity contribution in [3.05, 3.63) is 62.6 Å². The monoisotopic (exact) mass is 496 g/mol. The first-order valence-corrected chi connectivity index (χ1v) is 13.2. The highest BCUT2D eigenvalue weighted by Gasteiger charge is 2.50. The van der Waals surface area contributed by atoms with E-state index in [1.807, 2.05) is 7.05 Å². The second-order valence-corrected chi connectivity index (χ2v) is 10.5. The fourth-order valence-corrected chi connectivity index (χ4v) is 6.81. The lowest BCUT2D eigenvalue weighted by molar-refractivity contribution is -0.385. The number of hydrogen-bond acceptors (Lipinski definition) is 7. The van der Waals surface area contributed by atoms with E-state index in [1.54, 1.807) is 25.1 Å². The number of dihydropyridines is 1. The zero-order chi connectivity index (χ0) is 25.4. The van der Waals surface area contributed by atoms with Gasteiger partial charge in [0.05, 0.1) is 35.2 Å². The number of nitrogens with one attached hydrogen (secondary N) is 1. The minimum absolute atomic E-state index is 0.0422. The smallest absolute Gasteiger partial charge is 0.334 e. The summed E-state index contributed by atoms with van der Waals surface area (Å²) in [7, 11) is 2.00. The van der Waals surface area contributed by atoms with E-state index in [4.69, 9.17) is 4.74 Å². The van der Waals surface area contributed by atoms with E-state index in [9.17, 15) is 20.0 Å². The normalized spacial score (nSPS) is 25.6. The second-order valence-electron chi connectivity index (χ2n) is 10.5. The molecule has 0 aromatic heterocycles. The molecule has 194 valence electrons. The van der Waals surface area contributed by atoms with Gasteiger partial charge in [-0.15, -0.1) is 0 Å². The third kappa shape index (κ3) is 4.39. The summed E-state index contributed by atoms with van der Waals surface area (Å²) in [5.41, 5.74) is 2.03. The molecule has 1 aromatic rings. The minimum atomic E-state index is -1.05. The summed E-state index contributed by atoms with van der Waals surface area (Å²) in [6.07, 6.45) is 9.40. The van der Waals surface area contributed by atoms with Crippen LogP contribution in [0.15, 0.2) is 46.9 Å². The Morgan fingerprint density at radius 1 is 1.17 bits per heavy atom. The average molecular weight is 497 g/mol. The Morgan fingerprint density at radius 3 is 2.50 bits per heavy atom. The van der Waals surface area contributed by atoms with Gasteiger partial charge in [-0.3, -0.25) is 15.1 Å².